The van der Waals surface area contributed by atoms with Gasteiger partial charge in [0.1, 0.15) is 0 Å². The van der Waals surface area contributed by atoms with Gasteiger partial charge < -0.3 is 10.2 Å². The van der Waals surface area contributed by atoms with Crippen LogP contribution in [0, 0.1) is 0 Å². The summed E-state index contributed by atoms with van der Waals surface area (Å²) in [5.74, 6) is 0. The molecular weight excluding hydrogens is 200 g/mol. The largest absolute Gasteiger partial charge is 0.338 e. The minimum absolute atomic E-state index is 0.133. The van der Waals surface area contributed by atoms with Crippen molar-refractivity contribution < 1.29 is 4.79 Å². The first-order valence-electron chi connectivity index (χ1n) is 6.73. The van der Waals surface area contributed by atoms with Gasteiger partial charge >= 0.3 is 6.03 Å². The van der Waals surface area contributed by atoms with Gasteiger partial charge in [-0.2, -0.15) is 0 Å². The molecule has 1 aliphatic rings. The molecule has 1 fully saturated rings. The lowest BCUT2D eigenvalue weighted by atomic mass is 10.2. The van der Waals surface area contributed by atoms with E-state index in [9.17, 15) is 4.79 Å². The zero-order valence-corrected chi connectivity index (χ0v) is 11.0. The second-order valence-corrected chi connectivity index (χ2v) is 4.98. The molecule has 0 saturated carbocycles. The lowest BCUT2D eigenvalue weighted by Gasteiger charge is -2.26. The molecule has 0 aromatic heterocycles. The lowest BCUT2D eigenvalue weighted by molar-refractivity contribution is 0.180. The van der Waals surface area contributed by atoms with Gasteiger partial charge in [-0.1, -0.05) is 26.2 Å². The number of nitrogens with one attached hydrogen (secondary N) is 1. The number of carbonyl (C=O) groups is 1. The molecule has 3 nitrogen and oxygen atoms in total. The van der Waals surface area contributed by atoms with E-state index < -0.39 is 0 Å². The van der Waals surface area contributed by atoms with Crippen LogP contribution >= 0.6 is 0 Å². The van der Waals surface area contributed by atoms with E-state index >= 15 is 0 Å². The Bertz CT molecular complexity index is 208. The number of likely N-dealkylation sites (tertiary alicyclic amines) is 1. The summed E-state index contributed by atoms with van der Waals surface area (Å²) in [6.07, 6.45) is 7.13. The van der Waals surface area contributed by atoms with Crippen molar-refractivity contribution in [1.29, 1.82) is 0 Å². The van der Waals surface area contributed by atoms with Crippen LogP contribution in [0.5, 0.6) is 0 Å². The molecule has 1 N–H and O–H groups in total. The summed E-state index contributed by atoms with van der Waals surface area (Å²) in [6.45, 7) is 7.31. The third-order valence-corrected chi connectivity index (χ3v) is 3.49. The Morgan fingerprint density at radius 3 is 2.38 bits per heavy atom. The molecule has 2 unspecified atom stereocenters. The van der Waals surface area contributed by atoms with Crippen LogP contribution < -0.4 is 5.32 Å². The highest BCUT2D eigenvalue weighted by Gasteiger charge is 2.30. The standard InChI is InChI=1S/C13H26N2O/c1-4-5-6-7-10-14-13(16)15-11(2)8-9-12(15)3/h11-12H,4-10H2,1-3H3,(H,14,16). The fourth-order valence-electron chi connectivity index (χ4n) is 2.43. The maximum atomic E-state index is 11.9. The predicted octanol–water partition coefficient (Wildman–Crippen LogP) is 3.15. The monoisotopic (exact) mass is 226 g/mol. The molecule has 0 aliphatic carbocycles. The number of unbranched alkanes of at least 4 members (excludes halogenated alkanes) is 3. The van der Waals surface area contributed by atoms with Crippen LogP contribution in [0.1, 0.15) is 59.3 Å². The third kappa shape index (κ3) is 3.69. The average molecular weight is 226 g/mol. The normalized spacial score (nSPS) is 24.8. The van der Waals surface area contributed by atoms with E-state index in [2.05, 4.69) is 26.1 Å². The Labute approximate surface area is 99.6 Å². The van der Waals surface area contributed by atoms with Crippen molar-refractivity contribution in [3.05, 3.63) is 0 Å². The molecule has 94 valence electrons. The molecule has 2 amide bonds. The van der Waals surface area contributed by atoms with E-state index in [1.807, 2.05) is 4.90 Å². The van der Waals surface area contributed by atoms with Crippen molar-refractivity contribution in [2.45, 2.75) is 71.4 Å². The highest BCUT2D eigenvalue weighted by molar-refractivity contribution is 5.75. The molecular formula is C13H26N2O. The van der Waals surface area contributed by atoms with Crippen LogP contribution in [0.3, 0.4) is 0 Å². The zero-order chi connectivity index (χ0) is 12.0. The molecule has 1 rings (SSSR count). The molecule has 0 aromatic carbocycles. The molecule has 1 aliphatic heterocycles. The summed E-state index contributed by atoms with van der Waals surface area (Å²) < 4.78 is 0. The number of hydrogen-bond acceptors (Lipinski definition) is 1. The summed E-state index contributed by atoms with van der Waals surface area (Å²) in [6, 6.07) is 0.949. The molecule has 16 heavy (non-hydrogen) atoms. The number of carbonyl (C=O) groups excluding carboxylic acids is 1. The number of rotatable bonds is 5. The summed E-state index contributed by atoms with van der Waals surface area (Å²) in [5, 5.41) is 3.03. The van der Waals surface area contributed by atoms with Gasteiger partial charge in [-0.05, 0) is 33.1 Å². The second-order valence-electron chi connectivity index (χ2n) is 4.98. The van der Waals surface area contributed by atoms with Gasteiger partial charge in [-0.25, -0.2) is 4.79 Å². The number of nitrogens with zero attached hydrogens (tertiary/aromatic N) is 1. The summed E-state index contributed by atoms with van der Waals surface area (Å²) in [5.41, 5.74) is 0. The predicted molar refractivity (Wildman–Crippen MR) is 67.5 cm³/mol. The number of hydrogen-bond donors (Lipinski definition) is 1. The molecule has 2 atom stereocenters. The Kier molecular flexibility index (Phi) is 5.64. The maximum absolute atomic E-state index is 11.9. The second kappa shape index (κ2) is 6.77. The van der Waals surface area contributed by atoms with Gasteiger partial charge in [0.15, 0.2) is 0 Å². The smallest absolute Gasteiger partial charge is 0.317 e. The fraction of sp³-hybridized carbons (Fsp3) is 0.923. The minimum atomic E-state index is 0.133. The summed E-state index contributed by atoms with van der Waals surface area (Å²) in [4.78, 5) is 13.9. The fourth-order valence-corrected chi connectivity index (χ4v) is 2.43. The Balaban J connectivity index is 2.19. The molecule has 0 spiro atoms. The molecule has 0 aromatic rings. The minimum Gasteiger partial charge on any atom is -0.338 e. The van der Waals surface area contributed by atoms with Crippen LogP contribution in [0.15, 0.2) is 0 Å². The van der Waals surface area contributed by atoms with E-state index in [0.717, 1.165) is 25.8 Å². The van der Waals surface area contributed by atoms with Gasteiger partial charge in [0, 0.05) is 18.6 Å². The topological polar surface area (TPSA) is 32.3 Å². The third-order valence-electron chi connectivity index (χ3n) is 3.49. The van der Waals surface area contributed by atoms with Gasteiger partial charge in [-0.3, -0.25) is 0 Å². The van der Waals surface area contributed by atoms with E-state index in [1.165, 1.54) is 19.3 Å². The Morgan fingerprint density at radius 1 is 1.19 bits per heavy atom. The van der Waals surface area contributed by atoms with E-state index in [4.69, 9.17) is 0 Å². The molecule has 0 bridgehead atoms. The molecule has 0 radical (unpaired) electrons. The summed E-state index contributed by atoms with van der Waals surface area (Å²) >= 11 is 0. The van der Waals surface area contributed by atoms with Gasteiger partial charge in [0.2, 0.25) is 0 Å². The quantitative estimate of drug-likeness (QED) is 0.718. The number of amides is 2. The van der Waals surface area contributed by atoms with Crippen LogP contribution in [0.25, 0.3) is 0 Å². The van der Waals surface area contributed by atoms with Crippen LogP contribution in [0.4, 0.5) is 4.79 Å². The van der Waals surface area contributed by atoms with Crippen LogP contribution in [0.2, 0.25) is 0 Å². The SMILES string of the molecule is CCCCCCNC(=O)N1C(C)CCC1C. The maximum Gasteiger partial charge on any atom is 0.317 e. The first-order valence-corrected chi connectivity index (χ1v) is 6.73. The summed E-state index contributed by atoms with van der Waals surface area (Å²) in [7, 11) is 0. The van der Waals surface area contributed by atoms with Crippen molar-refractivity contribution in [1.82, 2.24) is 10.2 Å². The molecule has 1 heterocycles. The highest BCUT2D eigenvalue weighted by Crippen LogP contribution is 2.23. The van der Waals surface area contributed by atoms with Crippen LogP contribution in [-0.4, -0.2) is 29.6 Å². The van der Waals surface area contributed by atoms with E-state index in [0.29, 0.717) is 12.1 Å². The van der Waals surface area contributed by atoms with Crippen molar-refractivity contribution in [2.75, 3.05) is 6.54 Å². The molecule has 3 heteroatoms. The zero-order valence-electron chi connectivity index (χ0n) is 11.0. The highest BCUT2D eigenvalue weighted by atomic mass is 16.2. The van der Waals surface area contributed by atoms with Gasteiger partial charge in [0.05, 0.1) is 0 Å². The first kappa shape index (κ1) is 13.3. The molecule has 1 saturated heterocycles. The number of urea groups is 1. The van der Waals surface area contributed by atoms with Gasteiger partial charge in [-0.15, -0.1) is 0 Å². The van der Waals surface area contributed by atoms with Crippen molar-refractivity contribution >= 4 is 6.03 Å². The average Bonchev–Trinajstić information content (AvgIpc) is 2.58. The van der Waals surface area contributed by atoms with Crippen LogP contribution in [-0.2, 0) is 0 Å². The van der Waals surface area contributed by atoms with E-state index in [1.54, 1.807) is 0 Å². The van der Waals surface area contributed by atoms with Crippen molar-refractivity contribution in [2.24, 2.45) is 0 Å². The Morgan fingerprint density at radius 2 is 1.81 bits per heavy atom. The van der Waals surface area contributed by atoms with Crippen molar-refractivity contribution in [3.8, 4) is 0 Å². The first-order chi connectivity index (χ1) is 7.66. The van der Waals surface area contributed by atoms with Crippen molar-refractivity contribution in [3.63, 3.8) is 0 Å². The van der Waals surface area contributed by atoms with Gasteiger partial charge in [0.25, 0.3) is 0 Å². The lowest BCUT2D eigenvalue weighted by Crippen LogP contribution is -2.45. The van der Waals surface area contributed by atoms with E-state index in [-0.39, 0.29) is 6.03 Å². The Hall–Kier alpha value is -0.730.